The summed E-state index contributed by atoms with van der Waals surface area (Å²) in [4.78, 5) is 0. The van der Waals surface area contributed by atoms with E-state index in [-0.39, 0.29) is 17.1 Å². The van der Waals surface area contributed by atoms with E-state index in [1.54, 1.807) is 12.1 Å². The van der Waals surface area contributed by atoms with Crippen LogP contribution in [0.25, 0.3) is 10.8 Å². The Morgan fingerprint density at radius 3 is 2.44 bits per heavy atom. The van der Waals surface area contributed by atoms with Crippen molar-refractivity contribution in [3.63, 3.8) is 0 Å². The van der Waals surface area contributed by atoms with Crippen LogP contribution in [0, 0.1) is 23.4 Å². The van der Waals surface area contributed by atoms with Gasteiger partial charge in [-0.2, -0.15) is 0 Å². The highest BCUT2D eigenvalue weighted by Gasteiger charge is 2.27. The van der Waals surface area contributed by atoms with Crippen LogP contribution in [0.1, 0.15) is 50.5 Å². The quantitative estimate of drug-likeness (QED) is 0.560. The second-order valence-corrected chi connectivity index (χ2v) is 6.77. The van der Waals surface area contributed by atoms with Gasteiger partial charge >= 0.3 is 0 Å². The molecule has 0 saturated heterocycles. The van der Waals surface area contributed by atoms with E-state index in [4.69, 9.17) is 4.74 Å². The third kappa shape index (κ3) is 3.39. The fourth-order valence-corrected chi connectivity index (χ4v) is 3.67. The van der Waals surface area contributed by atoms with Crippen molar-refractivity contribution in [1.29, 1.82) is 0 Å². The maximum atomic E-state index is 14.7. The van der Waals surface area contributed by atoms with E-state index in [0.29, 0.717) is 29.9 Å². The molecule has 4 heteroatoms. The second-order valence-electron chi connectivity index (χ2n) is 6.77. The summed E-state index contributed by atoms with van der Waals surface area (Å²) in [5, 5.41) is 0.0516. The van der Waals surface area contributed by atoms with E-state index >= 15 is 0 Å². The molecule has 0 bridgehead atoms. The van der Waals surface area contributed by atoms with Crippen LogP contribution in [0.4, 0.5) is 13.2 Å². The van der Waals surface area contributed by atoms with Crippen molar-refractivity contribution in [2.24, 2.45) is 5.92 Å². The fourth-order valence-electron chi connectivity index (χ4n) is 3.67. The summed E-state index contributed by atoms with van der Waals surface area (Å²) in [5.74, 6) is -2.50. The lowest BCUT2D eigenvalue weighted by Gasteiger charge is -2.27. The molecular formula is C21H23F3O. The number of ether oxygens (including phenoxy) is 1. The standard InChI is InChI=1S/C21H23F3O/c1-3-11-25-17-10-9-15-12-16(14-7-5-13(4-2)6-8-14)19(22)21(24)18(15)20(17)23/h4,9-10,12-14H,2-3,5-8,11H2,1H3. The van der Waals surface area contributed by atoms with E-state index in [0.717, 1.165) is 25.7 Å². The molecule has 2 aromatic rings. The van der Waals surface area contributed by atoms with Gasteiger partial charge in [0.05, 0.1) is 12.0 Å². The van der Waals surface area contributed by atoms with E-state index in [2.05, 4.69) is 6.58 Å². The Balaban J connectivity index is 2.00. The summed E-state index contributed by atoms with van der Waals surface area (Å²) in [5.41, 5.74) is 0.356. The summed E-state index contributed by atoms with van der Waals surface area (Å²) in [6.07, 6.45) is 6.07. The average Bonchev–Trinajstić information content (AvgIpc) is 2.64. The number of hydrogen-bond donors (Lipinski definition) is 0. The Bertz CT molecular complexity index is 777. The minimum atomic E-state index is -1.11. The topological polar surface area (TPSA) is 9.23 Å². The normalized spacial score (nSPS) is 20.6. The first-order valence-corrected chi connectivity index (χ1v) is 8.92. The molecule has 0 atom stereocenters. The van der Waals surface area contributed by atoms with Crippen LogP contribution in [0.5, 0.6) is 5.75 Å². The van der Waals surface area contributed by atoms with Gasteiger partial charge in [0.25, 0.3) is 0 Å². The third-order valence-corrected chi connectivity index (χ3v) is 5.12. The molecule has 25 heavy (non-hydrogen) atoms. The first-order chi connectivity index (χ1) is 12.1. The van der Waals surface area contributed by atoms with E-state index < -0.39 is 17.5 Å². The van der Waals surface area contributed by atoms with Crippen molar-refractivity contribution in [3.8, 4) is 5.75 Å². The fraction of sp³-hybridized carbons (Fsp3) is 0.429. The smallest absolute Gasteiger partial charge is 0.175 e. The number of halogens is 3. The molecule has 0 aromatic heterocycles. The highest BCUT2D eigenvalue weighted by molar-refractivity contribution is 5.86. The third-order valence-electron chi connectivity index (χ3n) is 5.12. The van der Waals surface area contributed by atoms with Crippen LogP contribution in [0.15, 0.2) is 30.9 Å². The molecular weight excluding hydrogens is 325 g/mol. The molecule has 1 aliphatic carbocycles. The van der Waals surface area contributed by atoms with Gasteiger partial charge in [0.2, 0.25) is 0 Å². The molecule has 0 heterocycles. The summed E-state index contributed by atoms with van der Waals surface area (Å²) in [7, 11) is 0. The Labute approximate surface area is 146 Å². The largest absolute Gasteiger partial charge is 0.491 e. The van der Waals surface area contributed by atoms with E-state index in [1.165, 1.54) is 6.07 Å². The average molecular weight is 348 g/mol. The number of benzene rings is 2. The van der Waals surface area contributed by atoms with Crippen molar-refractivity contribution >= 4 is 10.8 Å². The molecule has 1 saturated carbocycles. The molecule has 1 aliphatic rings. The molecule has 0 unspecified atom stereocenters. The van der Waals surface area contributed by atoms with Crippen LogP contribution in [0.2, 0.25) is 0 Å². The maximum Gasteiger partial charge on any atom is 0.175 e. The van der Waals surface area contributed by atoms with Crippen LogP contribution in [-0.2, 0) is 0 Å². The minimum Gasteiger partial charge on any atom is -0.491 e. The summed E-state index contributed by atoms with van der Waals surface area (Å²) >= 11 is 0. The van der Waals surface area contributed by atoms with Gasteiger partial charge in [0, 0.05) is 0 Å². The van der Waals surface area contributed by atoms with E-state index in [1.807, 2.05) is 13.0 Å². The zero-order chi connectivity index (χ0) is 18.0. The summed E-state index contributed by atoms with van der Waals surface area (Å²) < 4.78 is 49.1. The first-order valence-electron chi connectivity index (χ1n) is 8.92. The molecule has 0 amide bonds. The Morgan fingerprint density at radius 2 is 1.80 bits per heavy atom. The van der Waals surface area contributed by atoms with Gasteiger partial charge in [-0.25, -0.2) is 13.2 Å². The van der Waals surface area contributed by atoms with Gasteiger partial charge in [-0.1, -0.05) is 19.1 Å². The molecule has 1 nitrogen and oxygen atoms in total. The minimum absolute atomic E-state index is 0.0332. The summed E-state index contributed by atoms with van der Waals surface area (Å²) in [6, 6.07) is 4.69. The van der Waals surface area contributed by atoms with Gasteiger partial charge in [-0.15, -0.1) is 6.58 Å². The number of fused-ring (bicyclic) bond motifs is 1. The molecule has 0 N–H and O–H groups in total. The Morgan fingerprint density at radius 1 is 1.08 bits per heavy atom. The zero-order valence-corrected chi connectivity index (χ0v) is 14.5. The molecule has 3 rings (SSSR count). The number of rotatable bonds is 5. The number of allylic oxidation sites excluding steroid dienone is 1. The van der Waals surface area contributed by atoms with Crippen molar-refractivity contribution in [2.75, 3.05) is 6.61 Å². The van der Waals surface area contributed by atoms with Gasteiger partial charge in [0.1, 0.15) is 0 Å². The van der Waals surface area contributed by atoms with Crippen molar-refractivity contribution in [2.45, 2.75) is 44.9 Å². The lowest BCUT2D eigenvalue weighted by atomic mass is 9.78. The van der Waals surface area contributed by atoms with Crippen LogP contribution in [-0.4, -0.2) is 6.61 Å². The van der Waals surface area contributed by atoms with Crippen LogP contribution >= 0.6 is 0 Å². The predicted molar refractivity (Wildman–Crippen MR) is 94.5 cm³/mol. The molecule has 0 radical (unpaired) electrons. The summed E-state index contributed by atoms with van der Waals surface area (Å²) in [6.45, 7) is 6.03. The SMILES string of the molecule is C=CC1CCC(c2cc3ccc(OCCC)c(F)c3c(F)c2F)CC1. The second kappa shape index (κ2) is 7.51. The van der Waals surface area contributed by atoms with Crippen LogP contribution in [0.3, 0.4) is 0 Å². The van der Waals surface area contributed by atoms with Gasteiger partial charge in [-0.3, -0.25) is 0 Å². The highest BCUT2D eigenvalue weighted by atomic mass is 19.2. The zero-order valence-electron chi connectivity index (χ0n) is 14.5. The molecule has 134 valence electrons. The molecule has 0 aliphatic heterocycles. The Kier molecular flexibility index (Phi) is 5.36. The highest BCUT2D eigenvalue weighted by Crippen LogP contribution is 2.40. The van der Waals surface area contributed by atoms with Gasteiger partial charge in [0.15, 0.2) is 23.2 Å². The number of hydrogen-bond acceptors (Lipinski definition) is 1. The molecule has 1 fully saturated rings. The molecule has 2 aromatic carbocycles. The lowest BCUT2D eigenvalue weighted by molar-refractivity contribution is 0.302. The van der Waals surface area contributed by atoms with E-state index in [9.17, 15) is 13.2 Å². The van der Waals surface area contributed by atoms with Crippen molar-refractivity contribution in [1.82, 2.24) is 0 Å². The molecule has 0 spiro atoms. The van der Waals surface area contributed by atoms with Crippen molar-refractivity contribution in [3.05, 3.63) is 53.9 Å². The van der Waals surface area contributed by atoms with Crippen LogP contribution < -0.4 is 4.74 Å². The van der Waals surface area contributed by atoms with Gasteiger partial charge < -0.3 is 4.74 Å². The lowest BCUT2D eigenvalue weighted by Crippen LogP contribution is -2.13. The Hall–Kier alpha value is -1.97. The monoisotopic (exact) mass is 348 g/mol. The maximum absolute atomic E-state index is 14.7. The van der Waals surface area contributed by atoms with Crippen molar-refractivity contribution < 1.29 is 17.9 Å². The first kappa shape index (κ1) is 17.8. The predicted octanol–water partition coefficient (Wildman–Crippen LogP) is 6.51. The van der Waals surface area contributed by atoms with Gasteiger partial charge in [-0.05, 0) is 67.0 Å².